The highest BCUT2D eigenvalue weighted by atomic mass is 35.5. The summed E-state index contributed by atoms with van der Waals surface area (Å²) in [5.74, 6) is 0.184. The minimum atomic E-state index is 0.184. The van der Waals surface area contributed by atoms with E-state index in [-0.39, 0.29) is 5.92 Å². The van der Waals surface area contributed by atoms with Crippen molar-refractivity contribution >= 4 is 22.5 Å². The maximum Gasteiger partial charge on any atom is 0.0491 e. The summed E-state index contributed by atoms with van der Waals surface area (Å²) in [5, 5.41) is 1.91. The van der Waals surface area contributed by atoms with E-state index in [0.717, 1.165) is 15.9 Å². The molecule has 0 fully saturated rings. The summed E-state index contributed by atoms with van der Waals surface area (Å²) in [6, 6.07) is 29.3. The molecule has 4 rings (SSSR count). The van der Waals surface area contributed by atoms with Gasteiger partial charge in [-0.05, 0) is 35.4 Å². The number of nitrogens with one attached hydrogen (secondary N) is 1. The van der Waals surface area contributed by atoms with Crippen LogP contribution in [0.3, 0.4) is 0 Å². The van der Waals surface area contributed by atoms with E-state index >= 15 is 0 Å². The van der Waals surface area contributed by atoms with E-state index in [2.05, 4.69) is 71.7 Å². The first-order chi connectivity index (χ1) is 11.3. The molecule has 0 aliphatic carbocycles. The van der Waals surface area contributed by atoms with Crippen molar-refractivity contribution in [3.05, 3.63) is 107 Å². The zero-order valence-electron chi connectivity index (χ0n) is 12.5. The smallest absolute Gasteiger partial charge is 0.0491 e. The molecule has 1 nitrogen and oxygen atoms in total. The first-order valence-electron chi connectivity index (χ1n) is 7.69. The summed E-state index contributed by atoms with van der Waals surface area (Å²) in [5.41, 5.74) is 4.84. The van der Waals surface area contributed by atoms with Gasteiger partial charge in [0.15, 0.2) is 0 Å². The maximum atomic E-state index is 6.13. The number of aromatic amines is 1. The summed E-state index contributed by atoms with van der Waals surface area (Å²) in [7, 11) is 0. The number of hydrogen-bond acceptors (Lipinski definition) is 0. The molecule has 0 spiro atoms. The lowest BCUT2D eigenvalue weighted by atomic mass is 9.88. The molecule has 0 unspecified atom stereocenters. The van der Waals surface area contributed by atoms with E-state index in [1.54, 1.807) is 0 Å². The summed E-state index contributed by atoms with van der Waals surface area (Å²) in [6.07, 6.45) is 0. The molecule has 0 atom stereocenters. The van der Waals surface area contributed by atoms with Crippen LogP contribution in [-0.4, -0.2) is 4.98 Å². The minimum Gasteiger partial charge on any atom is -0.358 e. The lowest BCUT2D eigenvalue weighted by molar-refractivity contribution is 0.939. The van der Waals surface area contributed by atoms with Crippen molar-refractivity contribution in [2.24, 2.45) is 0 Å². The van der Waals surface area contributed by atoms with Crippen LogP contribution in [-0.2, 0) is 0 Å². The highest BCUT2D eigenvalue weighted by Gasteiger charge is 2.18. The third-order valence-corrected chi connectivity index (χ3v) is 4.42. The molecule has 23 heavy (non-hydrogen) atoms. The predicted octanol–water partition coefficient (Wildman–Crippen LogP) is 6.00. The highest BCUT2D eigenvalue weighted by molar-refractivity contribution is 6.31. The van der Waals surface area contributed by atoms with E-state index in [1.165, 1.54) is 16.8 Å². The molecular weight excluding hydrogens is 302 g/mol. The number of rotatable bonds is 3. The molecule has 0 aliphatic heterocycles. The number of hydrogen-bond donors (Lipinski definition) is 1. The van der Waals surface area contributed by atoms with Crippen LogP contribution < -0.4 is 0 Å². The van der Waals surface area contributed by atoms with Crippen LogP contribution in [0.2, 0.25) is 5.02 Å². The Hall–Kier alpha value is -2.51. The molecule has 1 heterocycles. The molecule has 1 N–H and O–H groups in total. The molecule has 0 saturated carbocycles. The first kappa shape index (κ1) is 14.1. The van der Waals surface area contributed by atoms with Crippen molar-refractivity contribution in [2.75, 3.05) is 0 Å². The van der Waals surface area contributed by atoms with Crippen LogP contribution in [0.15, 0.2) is 84.9 Å². The second-order valence-corrected chi connectivity index (χ2v) is 6.15. The summed E-state index contributed by atoms with van der Waals surface area (Å²) in [6.45, 7) is 0. The molecule has 3 aromatic carbocycles. The van der Waals surface area contributed by atoms with E-state index in [4.69, 9.17) is 11.6 Å². The van der Waals surface area contributed by atoms with Crippen molar-refractivity contribution in [1.82, 2.24) is 4.98 Å². The topological polar surface area (TPSA) is 15.8 Å². The predicted molar refractivity (Wildman–Crippen MR) is 97.1 cm³/mol. The van der Waals surface area contributed by atoms with Gasteiger partial charge in [0, 0.05) is 27.5 Å². The maximum absolute atomic E-state index is 6.13. The van der Waals surface area contributed by atoms with Crippen molar-refractivity contribution < 1.29 is 0 Å². The van der Waals surface area contributed by atoms with E-state index in [0.29, 0.717) is 0 Å². The summed E-state index contributed by atoms with van der Waals surface area (Å²) in [4.78, 5) is 3.56. The lowest BCUT2D eigenvalue weighted by Gasteiger charge is -2.17. The molecule has 4 aromatic rings. The number of fused-ring (bicyclic) bond motifs is 1. The molecule has 0 bridgehead atoms. The largest absolute Gasteiger partial charge is 0.358 e. The quantitative estimate of drug-likeness (QED) is 0.477. The fourth-order valence-corrected chi connectivity index (χ4v) is 3.30. The number of H-pyrrole nitrogens is 1. The number of halogens is 1. The van der Waals surface area contributed by atoms with E-state index < -0.39 is 0 Å². The molecule has 1 aromatic heterocycles. The fraction of sp³-hybridized carbons (Fsp3) is 0.0476. The van der Waals surface area contributed by atoms with Gasteiger partial charge in [-0.15, -0.1) is 0 Å². The molecular formula is C21H16ClN. The summed E-state index contributed by atoms with van der Waals surface area (Å²) >= 11 is 6.13. The van der Waals surface area contributed by atoms with Crippen LogP contribution >= 0.6 is 11.6 Å². The number of benzene rings is 3. The van der Waals surface area contributed by atoms with Gasteiger partial charge in [0.1, 0.15) is 0 Å². The Morgan fingerprint density at radius 2 is 1.30 bits per heavy atom. The Morgan fingerprint density at radius 3 is 1.91 bits per heavy atom. The zero-order valence-corrected chi connectivity index (χ0v) is 13.3. The van der Waals surface area contributed by atoms with Crippen LogP contribution in [0.25, 0.3) is 10.9 Å². The molecule has 112 valence electrons. The second-order valence-electron chi connectivity index (χ2n) is 5.71. The average Bonchev–Trinajstić information content (AvgIpc) is 2.99. The third-order valence-electron chi connectivity index (χ3n) is 4.18. The Morgan fingerprint density at radius 1 is 0.696 bits per heavy atom. The fourth-order valence-electron chi connectivity index (χ4n) is 3.12. The second kappa shape index (κ2) is 5.94. The SMILES string of the molecule is Clc1ccc2[nH]c(C(c3ccccc3)c3ccccc3)cc2c1. The van der Waals surface area contributed by atoms with Crippen molar-refractivity contribution in [3.8, 4) is 0 Å². The van der Waals surface area contributed by atoms with Crippen molar-refractivity contribution in [1.29, 1.82) is 0 Å². The van der Waals surface area contributed by atoms with E-state index in [9.17, 15) is 0 Å². The molecule has 2 heteroatoms. The Kier molecular flexibility index (Phi) is 3.64. The Balaban J connectivity index is 1.90. The number of aromatic nitrogens is 1. The van der Waals surface area contributed by atoms with Gasteiger partial charge in [0.05, 0.1) is 0 Å². The first-order valence-corrected chi connectivity index (χ1v) is 8.07. The average molecular weight is 318 g/mol. The van der Waals surface area contributed by atoms with Gasteiger partial charge in [-0.1, -0.05) is 72.3 Å². The Bertz CT molecular complexity index is 886. The molecule has 0 amide bonds. The molecule has 0 aliphatic rings. The van der Waals surface area contributed by atoms with Gasteiger partial charge in [0.2, 0.25) is 0 Å². The van der Waals surface area contributed by atoms with Crippen LogP contribution in [0.1, 0.15) is 22.7 Å². The van der Waals surface area contributed by atoms with Crippen molar-refractivity contribution in [2.45, 2.75) is 5.92 Å². The third kappa shape index (κ3) is 2.76. The van der Waals surface area contributed by atoms with Crippen molar-refractivity contribution in [3.63, 3.8) is 0 Å². The standard InChI is InChI=1S/C21H16ClN/c22-18-11-12-19-17(13-18)14-20(23-19)21(15-7-3-1-4-8-15)16-9-5-2-6-10-16/h1-14,21,23H. The minimum absolute atomic E-state index is 0.184. The van der Waals surface area contributed by atoms with Gasteiger partial charge < -0.3 is 4.98 Å². The van der Waals surface area contributed by atoms with Gasteiger partial charge in [0.25, 0.3) is 0 Å². The molecule has 0 saturated heterocycles. The van der Waals surface area contributed by atoms with Gasteiger partial charge in [-0.25, -0.2) is 0 Å². The summed E-state index contributed by atoms with van der Waals surface area (Å²) < 4.78 is 0. The normalized spacial score (nSPS) is 11.2. The van der Waals surface area contributed by atoms with Crippen LogP contribution in [0.5, 0.6) is 0 Å². The van der Waals surface area contributed by atoms with Gasteiger partial charge in [-0.2, -0.15) is 0 Å². The van der Waals surface area contributed by atoms with Crippen LogP contribution in [0.4, 0.5) is 0 Å². The monoisotopic (exact) mass is 317 g/mol. The zero-order chi connectivity index (χ0) is 15.6. The Labute approximate surface area is 140 Å². The van der Waals surface area contributed by atoms with Crippen LogP contribution in [0, 0.1) is 0 Å². The highest BCUT2D eigenvalue weighted by Crippen LogP contribution is 2.33. The van der Waals surface area contributed by atoms with Gasteiger partial charge >= 0.3 is 0 Å². The molecule has 0 radical (unpaired) electrons. The van der Waals surface area contributed by atoms with E-state index in [1.807, 2.05) is 18.2 Å². The van der Waals surface area contributed by atoms with Gasteiger partial charge in [-0.3, -0.25) is 0 Å². The lowest BCUT2D eigenvalue weighted by Crippen LogP contribution is -2.03.